The average molecular weight is 418 g/mol. The summed E-state index contributed by atoms with van der Waals surface area (Å²) in [5.74, 6) is -0.322. The topological polar surface area (TPSA) is 40.5 Å². The molecule has 0 unspecified atom stereocenters. The van der Waals surface area contributed by atoms with Gasteiger partial charge >= 0.3 is 0 Å². The summed E-state index contributed by atoms with van der Waals surface area (Å²) < 4.78 is 0. The Morgan fingerprint density at radius 1 is 0.700 bits per heavy atom. The summed E-state index contributed by atoms with van der Waals surface area (Å²) in [4.78, 5) is 12.0. The van der Waals surface area contributed by atoms with E-state index in [1.807, 2.05) is 18.2 Å². The Labute approximate surface area is 186 Å². The molecule has 0 aliphatic heterocycles. The molecule has 0 atom stereocenters. The fraction of sp³-hybridized carbons (Fsp3) is 0.741. The molecule has 0 saturated heterocycles. The van der Waals surface area contributed by atoms with Crippen molar-refractivity contribution in [3.8, 4) is 0 Å². The highest BCUT2D eigenvalue weighted by Crippen LogP contribution is 2.17. The van der Waals surface area contributed by atoms with Crippen LogP contribution in [-0.4, -0.2) is 23.2 Å². The van der Waals surface area contributed by atoms with Crippen LogP contribution in [0.4, 0.5) is 0 Å². The summed E-state index contributed by atoms with van der Waals surface area (Å²) in [6.45, 7) is 2.28. The van der Waals surface area contributed by atoms with E-state index in [4.69, 9.17) is 0 Å². The zero-order valence-corrected chi connectivity index (χ0v) is 19.8. The lowest BCUT2D eigenvalue weighted by Gasteiger charge is -2.12. The molecule has 30 heavy (non-hydrogen) atoms. The maximum absolute atomic E-state index is 12.0. The molecule has 3 nitrogen and oxygen atoms in total. The molecular weight excluding hydrogens is 370 g/mol. The summed E-state index contributed by atoms with van der Waals surface area (Å²) in [7, 11) is 1.38. The smallest absolute Gasteiger partial charge is 0.277 e. The third kappa shape index (κ3) is 13.1. The number of aryl methyl sites for hydroxylation is 1. The zero-order chi connectivity index (χ0) is 21.9. The van der Waals surface area contributed by atoms with Crippen LogP contribution in [0.3, 0.4) is 0 Å². The number of unbranched alkanes of at least 4 members (excludes halogenated alkanes) is 16. The van der Waals surface area contributed by atoms with Crippen LogP contribution in [0.5, 0.6) is 0 Å². The molecule has 0 radical (unpaired) electrons. The number of amides is 1. The predicted octanol–water partition coefficient (Wildman–Crippen LogP) is 8.34. The van der Waals surface area contributed by atoms with E-state index in [9.17, 15) is 10.0 Å². The second kappa shape index (κ2) is 18.4. The van der Waals surface area contributed by atoms with Crippen molar-refractivity contribution in [2.24, 2.45) is 0 Å². The van der Waals surface area contributed by atoms with E-state index in [-0.39, 0.29) is 5.91 Å². The van der Waals surface area contributed by atoms with Gasteiger partial charge in [-0.05, 0) is 24.5 Å². The number of carbonyl (C=O) groups excluding carboxylic acids is 1. The van der Waals surface area contributed by atoms with Gasteiger partial charge in [0.1, 0.15) is 0 Å². The molecule has 0 fully saturated rings. The van der Waals surface area contributed by atoms with E-state index in [1.54, 1.807) is 6.07 Å². The minimum Gasteiger partial charge on any atom is -0.286 e. The van der Waals surface area contributed by atoms with Gasteiger partial charge in [-0.25, -0.2) is 5.06 Å². The minimum absolute atomic E-state index is 0.322. The van der Waals surface area contributed by atoms with Crippen molar-refractivity contribution in [2.75, 3.05) is 7.05 Å². The van der Waals surface area contributed by atoms with Crippen molar-refractivity contribution < 1.29 is 10.0 Å². The fourth-order valence-corrected chi connectivity index (χ4v) is 4.16. The summed E-state index contributed by atoms with van der Waals surface area (Å²) >= 11 is 0. The molecular formula is C27H47NO2. The van der Waals surface area contributed by atoms with Crippen LogP contribution >= 0.6 is 0 Å². The lowest BCUT2D eigenvalue weighted by molar-refractivity contribution is -0.0375. The van der Waals surface area contributed by atoms with Gasteiger partial charge < -0.3 is 0 Å². The molecule has 1 rings (SSSR count). The largest absolute Gasteiger partial charge is 0.286 e. The second-order valence-corrected chi connectivity index (χ2v) is 8.89. The van der Waals surface area contributed by atoms with Gasteiger partial charge in [0.25, 0.3) is 5.91 Å². The summed E-state index contributed by atoms with van der Waals surface area (Å²) in [5, 5.41) is 10.1. The van der Waals surface area contributed by atoms with Crippen molar-refractivity contribution in [2.45, 2.75) is 122 Å². The van der Waals surface area contributed by atoms with Gasteiger partial charge in [0.05, 0.1) is 0 Å². The molecule has 1 N–H and O–H groups in total. The Morgan fingerprint density at radius 2 is 1.10 bits per heavy atom. The maximum Gasteiger partial charge on any atom is 0.277 e. The first-order valence-corrected chi connectivity index (χ1v) is 12.7. The second-order valence-electron chi connectivity index (χ2n) is 8.89. The van der Waals surface area contributed by atoms with E-state index in [0.717, 1.165) is 18.4 Å². The normalized spacial score (nSPS) is 11.0. The number of benzene rings is 1. The molecule has 0 aliphatic rings. The van der Waals surface area contributed by atoms with Crippen molar-refractivity contribution in [3.05, 3.63) is 35.4 Å². The third-order valence-corrected chi connectivity index (χ3v) is 6.09. The Balaban J connectivity index is 1.91. The van der Waals surface area contributed by atoms with Crippen LogP contribution < -0.4 is 0 Å². The Kier molecular flexibility index (Phi) is 16.4. The average Bonchev–Trinajstić information content (AvgIpc) is 2.75. The van der Waals surface area contributed by atoms with Gasteiger partial charge in [0.15, 0.2) is 0 Å². The number of hydrogen-bond donors (Lipinski definition) is 1. The predicted molar refractivity (Wildman–Crippen MR) is 128 cm³/mol. The summed E-state index contributed by atoms with van der Waals surface area (Å²) in [5.41, 5.74) is 1.67. The van der Waals surface area contributed by atoms with E-state index < -0.39 is 0 Å². The molecule has 0 bridgehead atoms. The quantitative estimate of drug-likeness (QED) is 0.140. The molecule has 0 heterocycles. The van der Waals surface area contributed by atoms with Gasteiger partial charge in [0.2, 0.25) is 0 Å². The van der Waals surface area contributed by atoms with Gasteiger partial charge in [-0.2, -0.15) is 0 Å². The van der Waals surface area contributed by atoms with Gasteiger partial charge in [-0.1, -0.05) is 128 Å². The maximum atomic E-state index is 12.0. The number of rotatable bonds is 19. The highest BCUT2D eigenvalue weighted by atomic mass is 16.5. The molecule has 172 valence electrons. The number of hydroxylamine groups is 2. The van der Waals surface area contributed by atoms with Gasteiger partial charge in [0, 0.05) is 12.6 Å². The van der Waals surface area contributed by atoms with Crippen LogP contribution in [0.1, 0.15) is 132 Å². The van der Waals surface area contributed by atoms with E-state index >= 15 is 0 Å². The van der Waals surface area contributed by atoms with E-state index in [1.165, 1.54) is 110 Å². The Bertz CT molecular complexity index is 541. The van der Waals surface area contributed by atoms with Crippen molar-refractivity contribution in [1.29, 1.82) is 0 Å². The van der Waals surface area contributed by atoms with Crippen molar-refractivity contribution >= 4 is 5.91 Å². The SMILES string of the molecule is CCCCCCCCCCCCCCCCCCCc1ccccc1C(=O)N(C)O. The first kappa shape index (κ1) is 26.7. The fourth-order valence-electron chi connectivity index (χ4n) is 4.16. The molecule has 1 amide bonds. The molecule has 1 aromatic rings. The van der Waals surface area contributed by atoms with Crippen molar-refractivity contribution in [3.63, 3.8) is 0 Å². The Hall–Kier alpha value is -1.35. The summed E-state index contributed by atoms with van der Waals surface area (Å²) in [6, 6.07) is 7.63. The standard InChI is InChI=1S/C27H47NO2/c1-3-4-5-6-7-8-9-10-11-12-13-14-15-16-17-18-19-22-25-23-20-21-24-26(25)27(29)28(2)30/h20-21,23-24,30H,3-19,22H2,1-2H3. The van der Waals surface area contributed by atoms with Gasteiger partial charge in [-0.3, -0.25) is 10.0 Å². The number of carbonyl (C=O) groups is 1. The van der Waals surface area contributed by atoms with E-state index in [0.29, 0.717) is 10.6 Å². The molecule has 0 aromatic heterocycles. The van der Waals surface area contributed by atoms with Crippen LogP contribution in [0.2, 0.25) is 0 Å². The van der Waals surface area contributed by atoms with E-state index in [2.05, 4.69) is 6.92 Å². The number of nitrogens with zero attached hydrogens (tertiary/aromatic N) is 1. The summed E-state index contributed by atoms with van der Waals surface area (Å²) in [6.07, 6.45) is 24.3. The van der Waals surface area contributed by atoms with Crippen LogP contribution in [0.15, 0.2) is 24.3 Å². The first-order chi connectivity index (χ1) is 14.7. The zero-order valence-electron chi connectivity index (χ0n) is 19.8. The highest BCUT2D eigenvalue weighted by molar-refractivity contribution is 5.94. The van der Waals surface area contributed by atoms with Crippen molar-refractivity contribution in [1.82, 2.24) is 5.06 Å². The monoisotopic (exact) mass is 417 g/mol. The van der Waals surface area contributed by atoms with Crippen LogP contribution in [-0.2, 0) is 6.42 Å². The number of hydrogen-bond acceptors (Lipinski definition) is 2. The molecule has 3 heteroatoms. The van der Waals surface area contributed by atoms with Crippen LogP contribution in [0.25, 0.3) is 0 Å². The molecule has 0 aliphatic carbocycles. The van der Waals surface area contributed by atoms with Gasteiger partial charge in [-0.15, -0.1) is 0 Å². The molecule has 1 aromatic carbocycles. The lowest BCUT2D eigenvalue weighted by Crippen LogP contribution is -2.23. The third-order valence-electron chi connectivity index (χ3n) is 6.09. The highest BCUT2D eigenvalue weighted by Gasteiger charge is 2.13. The molecule has 0 saturated carbocycles. The van der Waals surface area contributed by atoms with Crippen LogP contribution in [0, 0.1) is 0 Å². The lowest BCUT2D eigenvalue weighted by atomic mass is 9.99. The molecule has 0 spiro atoms. The minimum atomic E-state index is -0.322. The first-order valence-electron chi connectivity index (χ1n) is 12.7. The Morgan fingerprint density at radius 3 is 1.53 bits per heavy atom.